The maximum Gasteiger partial charge on any atom is 0.0285 e. The van der Waals surface area contributed by atoms with Crippen LogP contribution in [0.1, 0.15) is 6.42 Å². The average molecular weight is 193 g/mol. The Balaban J connectivity index is 2.14. The number of rotatable bonds is 2. The second-order valence-electron chi connectivity index (χ2n) is 2.48. The average Bonchev–Trinajstić information content (AvgIpc) is 2.17. The number of nitrogens with two attached hydrogens (primary N) is 1. The highest BCUT2D eigenvalue weighted by Gasteiger charge is 2.18. The van der Waals surface area contributed by atoms with Crippen molar-refractivity contribution in [3.63, 3.8) is 0 Å². The zero-order valence-electron chi connectivity index (χ0n) is 5.52. The zero-order valence-corrected chi connectivity index (χ0v) is 7.10. The predicted octanol–water partition coefficient (Wildman–Crippen LogP) is 0.414. The van der Waals surface area contributed by atoms with Gasteiger partial charge in [-0.2, -0.15) is 0 Å². The molecular weight excluding hydrogens is 180 g/mol. The van der Waals surface area contributed by atoms with Gasteiger partial charge in [0.15, 0.2) is 0 Å². The highest BCUT2D eigenvalue weighted by atomic mass is 79.9. The number of halogens is 1. The van der Waals surface area contributed by atoms with Crippen molar-refractivity contribution in [1.29, 1.82) is 0 Å². The van der Waals surface area contributed by atoms with Crippen molar-refractivity contribution in [2.45, 2.75) is 11.2 Å². The molecule has 2 nitrogen and oxygen atoms in total. The summed E-state index contributed by atoms with van der Waals surface area (Å²) >= 11 is 3.57. The lowest BCUT2D eigenvalue weighted by Crippen LogP contribution is -2.27. The van der Waals surface area contributed by atoms with Crippen molar-refractivity contribution in [2.75, 3.05) is 26.2 Å². The van der Waals surface area contributed by atoms with Crippen LogP contribution in [0.2, 0.25) is 0 Å². The normalized spacial score (nSPS) is 29.3. The summed E-state index contributed by atoms with van der Waals surface area (Å²) in [6, 6.07) is 0. The fourth-order valence-corrected chi connectivity index (χ4v) is 1.79. The van der Waals surface area contributed by atoms with Gasteiger partial charge in [-0.05, 0) is 13.0 Å². The van der Waals surface area contributed by atoms with Crippen LogP contribution in [0.3, 0.4) is 0 Å². The van der Waals surface area contributed by atoms with Crippen molar-refractivity contribution < 1.29 is 0 Å². The minimum atomic E-state index is 0.712. The molecule has 1 aliphatic rings. The summed E-state index contributed by atoms with van der Waals surface area (Å²) in [7, 11) is 0. The summed E-state index contributed by atoms with van der Waals surface area (Å²) < 4.78 is 0. The maximum absolute atomic E-state index is 5.40. The molecule has 0 aromatic heterocycles. The van der Waals surface area contributed by atoms with Gasteiger partial charge in [0.1, 0.15) is 0 Å². The molecule has 0 aromatic rings. The molecule has 0 aromatic carbocycles. The molecule has 54 valence electrons. The summed E-state index contributed by atoms with van der Waals surface area (Å²) in [5.74, 6) is 0. The minimum Gasteiger partial charge on any atom is -0.329 e. The Morgan fingerprint density at radius 3 is 2.89 bits per heavy atom. The molecule has 1 atom stereocenters. The van der Waals surface area contributed by atoms with Gasteiger partial charge in [-0.3, -0.25) is 0 Å². The molecule has 1 rings (SSSR count). The maximum atomic E-state index is 5.40. The van der Waals surface area contributed by atoms with Gasteiger partial charge in [0.2, 0.25) is 0 Å². The molecule has 1 aliphatic heterocycles. The van der Waals surface area contributed by atoms with Gasteiger partial charge in [-0.15, -0.1) is 0 Å². The first-order valence-electron chi connectivity index (χ1n) is 3.39. The topological polar surface area (TPSA) is 29.3 Å². The van der Waals surface area contributed by atoms with Crippen LogP contribution in [0.15, 0.2) is 0 Å². The van der Waals surface area contributed by atoms with Gasteiger partial charge >= 0.3 is 0 Å². The largest absolute Gasteiger partial charge is 0.329 e. The summed E-state index contributed by atoms with van der Waals surface area (Å²) in [5.41, 5.74) is 5.40. The van der Waals surface area contributed by atoms with Crippen LogP contribution in [-0.4, -0.2) is 35.9 Å². The van der Waals surface area contributed by atoms with Crippen molar-refractivity contribution in [3.05, 3.63) is 0 Å². The first-order valence-corrected chi connectivity index (χ1v) is 4.31. The van der Waals surface area contributed by atoms with E-state index in [0.717, 1.165) is 13.1 Å². The van der Waals surface area contributed by atoms with Crippen molar-refractivity contribution in [1.82, 2.24) is 4.90 Å². The molecule has 3 heteroatoms. The van der Waals surface area contributed by atoms with Crippen LogP contribution in [0, 0.1) is 0 Å². The van der Waals surface area contributed by atoms with E-state index in [4.69, 9.17) is 5.73 Å². The quantitative estimate of drug-likeness (QED) is 0.644. The Morgan fingerprint density at radius 2 is 2.44 bits per heavy atom. The second-order valence-corrected chi connectivity index (χ2v) is 3.77. The SMILES string of the molecule is NCCN1CCC(Br)C1. The summed E-state index contributed by atoms with van der Waals surface area (Å²) in [5, 5.41) is 0. The smallest absolute Gasteiger partial charge is 0.0285 e. The highest BCUT2D eigenvalue weighted by molar-refractivity contribution is 9.09. The van der Waals surface area contributed by atoms with E-state index in [-0.39, 0.29) is 0 Å². The van der Waals surface area contributed by atoms with Gasteiger partial charge in [0, 0.05) is 24.5 Å². The van der Waals surface area contributed by atoms with Crippen molar-refractivity contribution in [3.8, 4) is 0 Å². The van der Waals surface area contributed by atoms with Gasteiger partial charge < -0.3 is 10.6 Å². The monoisotopic (exact) mass is 192 g/mol. The van der Waals surface area contributed by atoms with E-state index in [1.165, 1.54) is 19.5 Å². The van der Waals surface area contributed by atoms with Gasteiger partial charge in [-0.25, -0.2) is 0 Å². The minimum absolute atomic E-state index is 0.712. The number of alkyl halides is 1. The van der Waals surface area contributed by atoms with Crippen molar-refractivity contribution >= 4 is 15.9 Å². The molecule has 0 saturated carbocycles. The molecule has 0 bridgehead atoms. The Hall–Kier alpha value is 0.400. The van der Waals surface area contributed by atoms with Gasteiger partial charge in [0.05, 0.1) is 0 Å². The van der Waals surface area contributed by atoms with E-state index in [1.807, 2.05) is 0 Å². The Bertz CT molecular complexity index is 85.1. The Kier molecular flexibility index (Phi) is 2.95. The molecule has 1 fully saturated rings. The molecule has 0 aliphatic carbocycles. The van der Waals surface area contributed by atoms with Crippen LogP contribution >= 0.6 is 15.9 Å². The molecule has 2 N–H and O–H groups in total. The molecule has 9 heavy (non-hydrogen) atoms. The lowest BCUT2D eigenvalue weighted by Gasteiger charge is -2.11. The third-order valence-electron chi connectivity index (χ3n) is 1.66. The van der Waals surface area contributed by atoms with E-state index in [2.05, 4.69) is 20.8 Å². The van der Waals surface area contributed by atoms with E-state index < -0.39 is 0 Å². The second kappa shape index (κ2) is 3.54. The summed E-state index contributed by atoms with van der Waals surface area (Å²) in [6.07, 6.45) is 1.28. The van der Waals surface area contributed by atoms with Crippen LogP contribution in [0.25, 0.3) is 0 Å². The first-order chi connectivity index (χ1) is 4.33. The third kappa shape index (κ3) is 2.24. The van der Waals surface area contributed by atoms with Crippen LogP contribution in [0.5, 0.6) is 0 Å². The van der Waals surface area contributed by atoms with Crippen LogP contribution < -0.4 is 5.73 Å². The fourth-order valence-electron chi connectivity index (χ4n) is 1.17. The number of hydrogen-bond acceptors (Lipinski definition) is 2. The van der Waals surface area contributed by atoms with Crippen molar-refractivity contribution in [2.24, 2.45) is 5.73 Å². The fraction of sp³-hybridized carbons (Fsp3) is 1.00. The van der Waals surface area contributed by atoms with Gasteiger partial charge in [-0.1, -0.05) is 15.9 Å². The third-order valence-corrected chi connectivity index (χ3v) is 2.41. The predicted molar refractivity (Wildman–Crippen MR) is 42.8 cm³/mol. The summed E-state index contributed by atoms with van der Waals surface area (Å²) in [4.78, 5) is 3.10. The highest BCUT2D eigenvalue weighted by Crippen LogP contribution is 2.15. The van der Waals surface area contributed by atoms with E-state index in [0.29, 0.717) is 4.83 Å². The van der Waals surface area contributed by atoms with Gasteiger partial charge in [0.25, 0.3) is 0 Å². The van der Waals surface area contributed by atoms with E-state index >= 15 is 0 Å². The summed E-state index contributed by atoms with van der Waals surface area (Å²) in [6.45, 7) is 4.24. The first kappa shape index (κ1) is 7.51. The number of nitrogens with zero attached hydrogens (tertiary/aromatic N) is 1. The number of likely N-dealkylation sites (tertiary alicyclic amines) is 1. The molecule has 0 radical (unpaired) electrons. The molecular formula is C6H13BrN2. The molecule has 0 spiro atoms. The standard InChI is InChI=1S/C6H13BrN2/c7-6-1-3-9(5-6)4-2-8/h6H,1-5,8H2. The Morgan fingerprint density at radius 1 is 1.67 bits per heavy atom. The zero-order chi connectivity index (χ0) is 6.69. The molecule has 1 heterocycles. The lowest BCUT2D eigenvalue weighted by atomic mass is 10.4. The Labute approximate surface area is 64.5 Å². The lowest BCUT2D eigenvalue weighted by molar-refractivity contribution is 0.350. The number of hydrogen-bond donors (Lipinski definition) is 1. The van der Waals surface area contributed by atoms with E-state index in [1.54, 1.807) is 0 Å². The molecule has 1 saturated heterocycles. The molecule has 0 amide bonds. The van der Waals surface area contributed by atoms with Crippen LogP contribution in [0.4, 0.5) is 0 Å². The van der Waals surface area contributed by atoms with E-state index in [9.17, 15) is 0 Å². The molecule has 1 unspecified atom stereocenters. The van der Waals surface area contributed by atoms with Crippen LogP contribution in [-0.2, 0) is 0 Å².